The van der Waals surface area contributed by atoms with Gasteiger partial charge < -0.3 is 19.4 Å². The highest BCUT2D eigenvalue weighted by Crippen LogP contribution is 2.33. The highest BCUT2D eigenvalue weighted by Gasteiger charge is 2.28. The van der Waals surface area contributed by atoms with Gasteiger partial charge >= 0.3 is 0 Å². The normalized spacial score (nSPS) is 17.6. The van der Waals surface area contributed by atoms with E-state index in [9.17, 15) is 13.2 Å². The topological polar surface area (TPSA) is 89.9 Å². The van der Waals surface area contributed by atoms with Crippen molar-refractivity contribution in [1.82, 2.24) is 8.87 Å². The van der Waals surface area contributed by atoms with Crippen molar-refractivity contribution >= 4 is 21.6 Å². The molecule has 4 rings (SSSR count). The number of hydrogen-bond acceptors (Lipinski definition) is 5. The lowest BCUT2D eigenvalue weighted by Crippen LogP contribution is -2.31. The quantitative estimate of drug-likeness (QED) is 0.823. The summed E-state index contributed by atoms with van der Waals surface area (Å²) in [5.41, 5.74) is 0.825. The number of nitrogens with one attached hydrogen (secondary N) is 1. The second-order valence-corrected chi connectivity index (χ2v) is 9.24. The summed E-state index contributed by atoms with van der Waals surface area (Å²) in [5, 5.41) is 2.80. The number of carbonyl (C=O) groups is 1. The van der Waals surface area contributed by atoms with E-state index in [1.54, 1.807) is 25.2 Å². The Kier molecular flexibility index (Phi) is 5.51. The first kappa shape index (κ1) is 19.8. The van der Waals surface area contributed by atoms with Crippen molar-refractivity contribution in [1.29, 1.82) is 0 Å². The number of rotatable bonds is 4. The number of anilines is 1. The summed E-state index contributed by atoms with van der Waals surface area (Å²) in [6.45, 7) is 2.00. The molecule has 1 N–H and O–H groups in total. The highest BCUT2D eigenvalue weighted by molar-refractivity contribution is 7.89. The zero-order valence-corrected chi connectivity index (χ0v) is 17.2. The fourth-order valence-electron chi connectivity index (χ4n) is 3.65. The molecule has 1 amide bonds. The van der Waals surface area contributed by atoms with Crippen LogP contribution in [-0.4, -0.2) is 49.5 Å². The molecule has 3 heterocycles. The molecule has 1 fully saturated rings. The van der Waals surface area contributed by atoms with Crippen LogP contribution >= 0.6 is 0 Å². The van der Waals surface area contributed by atoms with Crippen LogP contribution in [0.1, 0.15) is 36.2 Å². The third-order valence-electron chi connectivity index (χ3n) is 5.22. The second-order valence-electron chi connectivity index (χ2n) is 7.30. The Bertz CT molecular complexity index is 1010. The molecule has 0 aliphatic carbocycles. The zero-order valence-electron chi connectivity index (χ0n) is 16.4. The van der Waals surface area contributed by atoms with E-state index in [-0.39, 0.29) is 16.5 Å². The Balaban J connectivity index is 1.53. The Morgan fingerprint density at radius 3 is 2.41 bits per heavy atom. The van der Waals surface area contributed by atoms with Gasteiger partial charge in [-0.1, -0.05) is 12.8 Å². The summed E-state index contributed by atoms with van der Waals surface area (Å²) in [4.78, 5) is 12.9. The van der Waals surface area contributed by atoms with Crippen LogP contribution in [0.3, 0.4) is 0 Å². The first-order valence-electron chi connectivity index (χ1n) is 9.83. The molecule has 8 nitrogen and oxygen atoms in total. The summed E-state index contributed by atoms with van der Waals surface area (Å²) < 4.78 is 40.1. The fourth-order valence-corrected chi connectivity index (χ4v) is 5.24. The van der Waals surface area contributed by atoms with Gasteiger partial charge in [-0.3, -0.25) is 4.79 Å². The van der Waals surface area contributed by atoms with Crippen molar-refractivity contribution in [3.05, 3.63) is 36.2 Å². The second kappa shape index (κ2) is 8.08. The molecular formula is C20H25N3O5S. The van der Waals surface area contributed by atoms with E-state index in [4.69, 9.17) is 9.47 Å². The molecular weight excluding hydrogens is 394 g/mol. The third kappa shape index (κ3) is 4.11. The van der Waals surface area contributed by atoms with Crippen LogP contribution in [0.4, 0.5) is 5.69 Å². The van der Waals surface area contributed by atoms with Crippen LogP contribution in [0.25, 0.3) is 0 Å². The third-order valence-corrected chi connectivity index (χ3v) is 7.08. The van der Waals surface area contributed by atoms with Crippen molar-refractivity contribution in [3.8, 4) is 11.5 Å². The van der Waals surface area contributed by atoms with Gasteiger partial charge in [0.25, 0.3) is 5.91 Å². The molecule has 1 saturated heterocycles. The number of ether oxygens (including phenoxy) is 2. The van der Waals surface area contributed by atoms with Gasteiger partial charge in [-0.15, -0.1) is 0 Å². The average molecular weight is 420 g/mol. The predicted octanol–water partition coefficient (Wildman–Crippen LogP) is 2.61. The summed E-state index contributed by atoms with van der Waals surface area (Å²) in [6.07, 6.45) is 5.32. The molecule has 2 aliphatic heterocycles. The van der Waals surface area contributed by atoms with Gasteiger partial charge in [-0.25, -0.2) is 8.42 Å². The largest absolute Gasteiger partial charge is 0.486 e. The first-order chi connectivity index (χ1) is 13.9. The number of sulfonamides is 1. The number of carbonyl (C=O) groups excluding carboxylic acids is 1. The molecule has 1 aromatic carbocycles. The number of aryl methyl sites for hydroxylation is 1. The van der Waals surface area contributed by atoms with Crippen molar-refractivity contribution < 1.29 is 22.7 Å². The van der Waals surface area contributed by atoms with Crippen LogP contribution in [0.15, 0.2) is 35.4 Å². The van der Waals surface area contributed by atoms with Crippen LogP contribution in [0, 0.1) is 0 Å². The summed E-state index contributed by atoms with van der Waals surface area (Å²) in [5.74, 6) is 0.825. The molecule has 9 heteroatoms. The lowest BCUT2D eigenvalue weighted by molar-refractivity contribution is 0.101. The van der Waals surface area contributed by atoms with Gasteiger partial charge in [0.15, 0.2) is 11.5 Å². The minimum Gasteiger partial charge on any atom is -0.486 e. The van der Waals surface area contributed by atoms with Crippen LogP contribution < -0.4 is 14.8 Å². The maximum atomic E-state index is 13.0. The number of aromatic nitrogens is 1. The van der Waals surface area contributed by atoms with E-state index in [2.05, 4.69) is 5.32 Å². The Morgan fingerprint density at radius 2 is 1.69 bits per heavy atom. The minimum absolute atomic E-state index is 0.147. The van der Waals surface area contributed by atoms with Gasteiger partial charge in [0.05, 0.1) is 0 Å². The van der Waals surface area contributed by atoms with Crippen LogP contribution in [0.5, 0.6) is 11.5 Å². The Morgan fingerprint density at radius 1 is 1.00 bits per heavy atom. The van der Waals surface area contributed by atoms with E-state index in [0.29, 0.717) is 43.5 Å². The number of amides is 1. The highest BCUT2D eigenvalue weighted by atomic mass is 32.2. The summed E-state index contributed by atoms with van der Waals surface area (Å²) >= 11 is 0. The summed E-state index contributed by atoms with van der Waals surface area (Å²) in [6, 6.07) is 6.60. The predicted molar refractivity (Wildman–Crippen MR) is 108 cm³/mol. The van der Waals surface area contributed by atoms with Gasteiger partial charge in [0, 0.05) is 38.1 Å². The molecule has 0 atom stereocenters. The van der Waals surface area contributed by atoms with E-state index < -0.39 is 10.0 Å². The maximum Gasteiger partial charge on any atom is 0.272 e. The van der Waals surface area contributed by atoms with Gasteiger partial charge in [0.2, 0.25) is 10.0 Å². The SMILES string of the molecule is Cn1cc(S(=O)(=O)N2CCCCCC2)cc1C(=O)Nc1ccc2c(c1)OCCO2. The number of benzene rings is 1. The van der Waals surface area contributed by atoms with E-state index >= 15 is 0 Å². The monoisotopic (exact) mass is 419 g/mol. The van der Waals surface area contributed by atoms with Gasteiger partial charge in [-0.2, -0.15) is 4.31 Å². The maximum absolute atomic E-state index is 13.0. The first-order valence-corrected chi connectivity index (χ1v) is 11.3. The number of nitrogens with zero attached hydrogens (tertiary/aromatic N) is 2. The molecule has 0 radical (unpaired) electrons. The van der Waals surface area contributed by atoms with Gasteiger partial charge in [0.1, 0.15) is 23.8 Å². The lowest BCUT2D eigenvalue weighted by atomic mass is 10.2. The molecule has 0 unspecified atom stereocenters. The van der Waals surface area contributed by atoms with Crippen molar-refractivity contribution in [3.63, 3.8) is 0 Å². The fraction of sp³-hybridized carbons (Fsp3) is 0.450. The molecule has 0 bridgehead atoms. The van der Waals surface area contributed by atoms with E-state index in [1.807, 2.05) is 0 Å². The Labute approximate surface area is 170 Å². The minimum atomic E-state index is -3.61. The number of fused-ring (bicyclic) bond motifs is 1. The molecule has 29 heavy (non-hydrogen) atoms. The van der Waals surface area contributed by atoms with Crippen LogP contribution in [0.2, 0.25) is 0 Å². The number of hydrogen-bond donors (Lipinski definition) is 1. The van der Waals surface area contributed by atoms with Crippen molar-refractivity contribution in [2.75, 3.05) is 31.6 Å². The standard InChI is InChI=1S/C20H25N3O5S/c1-22-14-16(29(25,26)23-8-4-2-3-5-9-23)13-17(22)20(24)21-15-6-7-18-19(12-15)28-11-10-27-18/h6-7,12-14H,2-5,8-11H2,1H3,(H,21,24). The molecule has 2 aromatic rings. The molecule has 0 saturated carbocycles. The summed E-state index contributed by atoms with van der Waals surface area (Å²) in [7, 11) is -1.94. The molecule has 2 aliphatic rings. The molecule has 156 valence electrons. The molecule has 1 aromatic heterocycles. The smallest absolute Gasteiger partial charge is 0.272 e. The zero-order chi connectivity index (χ0) is 20.4. The average Bonchev–Trinajstić information content (AvgIpc) is 2.91. The van der Waals surface area contributed by atoms with Crippen LogP contribution in [-0.2, 0) is 17.1 Å². The van der Waals surface area contributed by atoms with E-state index in [0.717, 1.165) is 25.7 Å². The van der Waals surface area contributed by atoms with Crippen molar-refractivity contribution in [2.24, 2.45) is 7.05 Å². The van der Waals surface area contributed by atoms with Crippen molar-refractivity contribution in [2.45, 2.75) is 30.6 Å². The van der Waals surface area contributed by atoms with Gasteiger partial charge in [-0.05, 0) is 31.0 Å². The lowest BCUT2D eigenvalue weighted by Gasteiger charge is -2.19. The molecule has 0 spiro atoms. The van der Waals surface area contributed by atoms with E-state index in [1.165, 1.54) is 21.1 Å². The Hall–Kier alpha value is -2.52.